The summed E-state index contributed by atoms with van der Waals surface area (Å²) in [7, 11) is 0. The van der Waals surface area contributed by atoms with Gasteiger partial charge in [-0.25, -0.2) is 0 Å². The van der Waals surface area contributed by atoms with E-state index in [2.05, 4.69) is 0 Å². The Hall–Kier alpha value is -1.02. The van der Waals surface area contributed by atoms with Crippen molar-refractivity contribution in [3.05, 3.63) is 35.9 Å². The maximum Gasteiger partial charge on any atom is 0.254 e. The van der Waals surface area contributed by atoms with E-state index >= 15 is 0 Å². The highest BCUT2D eigenvalue weighted by atomic mass is 35.5. The molecule has 1 amide bonds. The minimum absolute atomic E-state index is 0.0156. The molecule has 0 bridgehead atoms. The van der Waals surface area contributed by atoms with Crippen LogP contribution in [0.5, 0.6) is 0 Å². The zero-order chi connectivity index (χ0) is 9.68. The molecule has 0 radical (unpaired) electrons. The third-order valence-electron chi connectivity index (χ3n) is 1.83. The van der Waals surface area contributed by atoms with Crippen molar-refractivity contribution in [2.45, 2.75) is 6.92 Å². The van der Waals surface area contributed by atoms with E-state index in [0.717, 1.165) is 0 Å². The summed E-state index contributed by atoms with van der Waals surface area (Å²) in [6, 6.07) is 9.39. The number of carbonyl (C=O) groups is 1. The van der Waals surface area contributed by atoms with E-state index in [1.54, 1.807) is 17.0 Å². The third kappa shape index (κ3) is 2.46. The fourth-order valence-electron chi connectivity index (χ4n) is 1.05. The first-order valence-electron chi connectivity index (χ1n) is 4.20. The van der Waals surface area contributed by atoms with Crippen molar-refractivity contribution in [2.24, 2.45) is 0 Å². The Morgan fingerprint density at radius 2 is 2.00 bits per heavy atom. The molecule has 0 aliphatic rings. The average molecular weight is 198 g/mol. The number of hydrogen-bond donors (Lipinski definition) is 0. The van der Waals surface area contributed by atoms with Crippen molar-refractivity contribution in [1.29, 1.82) is 0 Å². The standard InChI is InChI=1S/C10H12ClNO/c1-2-12(8-11)10(13)9-6-4-3-5-7-9/h3-7H,2,8H2,1H3. The van der Waals surface area contributed by atoms with Crippen molar-refractivity contribution in [1.82, 2.24) is 4.90 Å². The zero-order valence-corrected chi connectivity index (χ0v) is 8.29. The van der Waals surface area contributed by atoms with E-state index in [9.17, 15) is 4.79 Å². The minimum atomic E-state index is -0.0156. The van der Waals surface area contributed by atoms with Crippen LogP contribution >= 0.6 is 11.6 Å². The van der Waals surface area contributed by atoms with E-state index in [1.165, 1.54) is 0 Å². The lowest BCUT2D eigenvalue weighted by Crippen LogP contribution is -2.29. The van der Waals surface area contributed by atoms with Crippen molar-refractivity contribution in [2.75, 3.05) is 12.5 Å². The largest absolute Gasteiger partial charge is 0.325 e. The Morgan fingerprint density at radius 1 is 1.38 bits per heavy atom. The van der Waals surface area contributed by atoms with Crippen LogP contribution in [0.4, 0.5) is 0 Å². The van der Waals surface area contributed by atoms with Crippen LogP contribution in [0.15, 0.2) is 30.3 Å². The molecule has 0 spiro atoms. The molecule has 0 atom stereocenters. The summed E-state index contributed by atoms with van der Waals surface area (Å²) in [6.45, 7) is 2.54. The van der Waals surface area contributed by atoms with E-state index in [-0.39, 0.29) is 11.9 Å². The van der Waals surface area contributed by atoms with Crippen molar-refractivity contribution >= 4 is 17.5 Å². The van der Waals surface area contributed by atoms with Crippen molar-refractivity contribution in [3.63, 3.8) is 0 Å². The Bertz CT molecular complexity index is 270. The summed E-state index contributed by atoms with van der Waals surface area (Å²) in [5.74, 6) is -0.0156. The SMILES string of the molecule is CCN(CCl)C(=O)c1ccccc1. The van der Waals surface area contributed by atoms with E-state index in [1.807, 2.05) is 25.1 Å². The zero-order valence-electron chi connectivity index (χ0n) is 7.53. The van der Waals surface area contributed by atoms with Gasteiger partial charge in [0.05, 0.1) is 6.00 Å². The predicted molar refractivity (Wildman–Crippen MR) is 53.9 cm³/mol. The van der Waals surface area contributed by atoms with Crippen LogP contribution in [0.25, 0.3) is 0 Å². The number of rotatable bonds is 3. The number of carbonyl (C=O) groups excluding carboxylic acids is 1. The summed E-state index contributed by atoms with van der Waals surface area (Å²) in [6.07, 6.45) is 0. The molecule has 0 aliphatic heterocycles. The molecule has 13 heavy (non-hydrogen) atoms. The number of amides is 1. The molecule has 0 N–H and O–H groups in total. The lowest BCUT2D eigenvalue weighted by atomic mass is 10.2. The summed E-state index contributed by atoms with van der Waals surface area (Å²) in [5.41, 5.74) is 0.685. The molecule has 0 saturated carbocycles. The van der Waals surface area contributed by atoms with Gasteiger partial charge in [-0.15, -0.1) is 11.6 Å². The summed E-state index contributed by atoms with van der Waals surface area (Å²) in [4.78, 5) is 13.2. The fourth-order valence-corrected chi connectivity index (χ4v) is 1.32. The lowest BCUT2D eigenvalue weighted by molar-refractivity contribution is 0.0792. The van der Waals surface area contributed by atoms with Crippen LogP contribution in [0, 0.1) is 0 Å². The molecular weight excluding hydrogens is 186 g/mol. The van der Waals surface area contributed by atoms with Gasteiger partial charge in [0.25, 0.3) is 5.91 Å². The monoisotopic (exact) mass is 197 g/mol. The van der Waals surface area contributed by atoms with Gasteiger partial charge >= 0.3 is 0 Å². The number of benzene rings is 1. The Balaban J connectivity index is 2.78. The second kappa shape index (κ2) is 4.87. The first kappa shape index (κ1) is 10.1. The quantitative estimate of drug-likeness (QED) is 0.538. The predicted octanol–water partition coefficient (Wildman–Crippen LogP) is 2.35. The van der Waals surface area contributed by atoms with E-state index < -0.39 is 0 Å². The van der Waals surface area contributed by atoms with Crippen molar-refractivity contribution < 1.29 is 4.79 Å². The minimum Gasteiger partial charge on any atom is -0.325 e. The van der Waals surface area contributed by atoms with Gasteiger partial charge in [0, 0.05) is 12.1 Å². The molecule has 3 heteroatoms. The van der Waals surface area contributed by atoms with Crippen LogP contribution in [-0.4, -0.2) is 23.4 Å². The van der Waals surface area contributed by atoms with Gasteiger partial charge in [-0.1, -0.05) is 18.2 Å². The van der Waals surface area contributed by atoms with E-state index in [4.69, 9.17) is 11.6 Å². The summed E-state index contributed by atoms with van der Waals surface area (Å²) in [5, 5.41) is 0. The third-order valence-corrected chi connectivity index (χ3v) is 2.12. The first-order valence-corrected chi connectivity index (χ1v) is 4.73. The molecule has 0 fully saturated rings. The van der Waals surface area contributed by atoms with Crippen LogP contribution in [0.3, 0.4) is 0 Å². The van der Waals surface area contributed by atoms with Crippen LogP contribution < -0.4 is 0 Å². The highest BCUT2D eigenvalue weighted by Gasteiger charge is 2.11. The van der Waals surface area contributed by atoms with Gasteiger partial charge < -0.3 is 4.90 Å². The van der Waals surface area contributed by atoms with Gasteiger partial charge in [-0.05, 0) is 19.1 Å². The highest BCUT2D eigenvalue weighted by molar-refractivity contribution is 6.19. The number of alkyl halides is 1. The van der Waals surface area contributed by atoms with Crippen LogP contribution in [0.2, 0.25) is 0 Å². The first-order chi connectivity index (χ1) is 6.29. The van der Waals surface area contributed by atoms with Crippen LogP contribution in [-0.2, 0) is 0 Å². The molecule has 1 rings (SSSR count). The molecule has 2 nitrogen and oxygen atoms in total. The van der Waals surface area contributed by atoms with Crippen molar-refractivity contribution in [3.8, 4) is 0 Å². The normalized spacial score (nSPS) is 9.69. The maximum atomic E-state index is 11.6. The second-order valence-electron chi connectivity index (χ2n) is 2.65. The molecule has 1 aromatic carbocycles. The highest BCUT2D eigenvalue weighted by Crippen LogP contribution is 2.04. The average Bonchev–Trinajstić information content (AvgIpc) is 2.21. The Kier molecular flexibility index (Phi) is 3.77. The summed E-state index contributed by atoms with van der Waals surface area (Å²) >= 11 is 5.62. The molecule has 0 heterocycles. The number of halogens is 1. The number of nitrogens with zero attached hydrogens (tertiary/aromatic N) is 1. The van der Waals surface area contributed by atoms with Gasteiger partial charge in [0.1, 0.15) is 0 Å². The molecule has 0 saturated heterocycles. The fraction of sp³-hybridized carbons (Fsp3) is 0.300. The van der Waals surface area contributed by atoms with Gasteiger partial charge in [0.2, 0.25) is 0 Å². The van der Waals surface area contributed by atoms with Gasteiger partial charge in [-0.3, -0.25) is 4.79 Å². The molecule has 70 valence electrons. The van der Waals surface area contributed by atoms with Gasteiger partial charge in [0.15, 0.2) is 0 Å². The summed E-state index contributed by atoms with van der Waals surface area (Å²) < 4.78 is 0. The Labute approximate surface area is 83.1 Å². The molecule has 0 aromatic heterocycles. The maximum absolute atomic E-state index is 11.6. The van der Waals surface area contributed by atoms with E-state index in [0.29, 0.717) is 12.1 Å². The molecule has 0 unspecified atom stereocenters. The van der Waals surface area contributed by atoms with Crippen LogP contribution in [0.1, 0.15) is 17.3 Å². The van der Waals surface area contributed by atoms with Gasteiger partial charge in [-0.2, -0.15) is 0 Å². The molecule has 1 aromatic rings. The molecule has 0 aliphatic carbocycles. The molecular formula is C10H12ClNO. The smallest absolute Gasteiger partial charge is 0.254 e. The second-order valence-corrected chi connectivity index (χ2v) is 2.89. The lowest BCUT2D eigenvalue weighted by Gasteiger charge is -2.16. The Morgan fingerprint density at radius 3 is 2.46 bits per heavy atom. The topological polar surface area (TPSA) is 20.3 Å². The number of hydrogen-bond acceptors (Lipinski definition) is 1.